The van der Waals surface area contributed by atoms with Crippen LogP contribution < -0.4 is 5.32 Å². The molecule has 0 bridgehead atoms. The summed E-state index contributed by atoms with van der Waals surface area (Å²) in [6.07, 6.45) is 1.72. The number of amides is 1. The first-order valence-electron chi connectivity index (χ1n) is 5.19. The van der Waals surface area contributed by atoms with E-state index >= 15 is 0 Å². The SMILES string of the molecule is O=C1CNc2ccccc2C(c2nccs2)=N1. The van der Waals surface area contributed by atoms with Crippen LogP contribution in [0.15, 0.2) is 40.8 Å². The molecule has 84 valence electrons. The molecule has 1 aliphatic heterocycles. The summed E-state index contributed by atoms with van der Waals surface area (Å²) in [6, 6.07) is 7.75. The maximum Gasteiger partial charge on any atom is 0.265 e. The van der Waals surface area contributed by atoms with Gasteiger partial charge in [-0.25, -0.2) is 9.98 Å². The molecule has 0 aliphatic carbocycles. The summed E-state index contributed by atoms with van der Waals surface area (Å²) in [4.78, 5) is 19.9. The van der Waals surface area contributed by atoms with Crippen molar-refractivity contribution in [3.63, 3.8) is 0 Å². The Labute approximate surface area is 102 Å². The van der Waals surface area contributed by atoms with Crippen molar-refractivity contribution >= 4 is 28.6 Å². The minimum Gasteiger partial charge on any atom is -0.376 e. The Hall–Kier alpha value is -2.01. The maximum atomic E-state index is 11.6. The van der Waals surface area contributed by atoms with Gasteiger partial charge in [0, 0.05) is 22.8 Å². The number of thiazole rings is 1. The number of nitrogens with one attached hydrogen (secondary N) is 1. The second-order valence-corrected chi connectivity index (χ2v) is 4.49. The van der Waals surface area contributed by atoms with Gasteiger partial charge in [0.1, 0.15) is 10.7 Å². The van der Waals surface area contributed by atoms with Crippen molar-refractivity contribution in [1.82, 2.24) is 4.98 Å². The second-order valence-electron chi connectivity index (χ2n) is 3.59. The number of fused-ring (bicyclic) bond motifs is 1. The first kappa shape index (κ1) is 10.2. The molecular weight excluding hydrogens is 234 g/mol. The zero-order valence-electron chi connectivity index (χ0n) is 8.88. The van der Waals surface area contributed by atoms with Crippen LogP contribution in [0.3, 0.4) is 0 Å². The van der Waals surface area contributed by atoms with Crippen LogP contribution >= 0.6 is 11.3 Å². The molecule has 1 amide bonds. The van der Waals surface area contributed by atoms with Gasteiger partial charge in [-0.3, -0.25) is 4.79 Å². The number of anilines is 1. The first-order chi connectivity index (χ1) is 8.34. The molecule has 4 nitrogen and oxygen atoms in total. The smallest absolute Gasteiger partial charge is 0.265 e. The highest BCUT2D eigenvalue weighted by molar-refractivity contribution is 7.12. The fourth-order valence-corrected chi connectivity index (χ4v) is 2.38. The van der Waals surface area contributed by atoms with Crippen LogP contribution in [0.4, 0.5) is 5.69 Å². The Morgan fingerprint density at radius 1 is 1.29 bits per heavy atom. The molecule has 0 fully saturated rings. The van der Waals surface area contributed by atoms with Crippen molar-refractivity contribution < 1.29 is 4.79 Å². The number of para-hydroxylation sites is 1. The summed E-state index contributed by atoms with van der Waals surface area (Å²) in [6.45, 7) is 0.228. The van der Waals surface area contributed by atoms with Gasteiger partial charge in [-0.2, -0.15) is 0 Å². The van der Waals surface area contributed by atoms with Crippen LogP contribution in [-0.4, -0.2) is 23.1 Å². The number of hydrogen-bond acceptors (Lipinski definition) is 4. The monoisotopic (exact) mass is 243 g/mol. The summed E-state index contributed by atoms with van der Waals surface area (Å²) in [7, 11) is 0. The summed E-state index contributed by atoms with van der Waals surface area (Å²) < 4.78 is 0. The number of benzene rings is 1. The predicted octanol–water partition coefficient (Wildman–Crippen LogP) is 1.93. The van der Waals surface area contributed by atoms with Gasteiger partial charge in [-0.15, -0.1) is 11.3 Å². The van der Waals surface area contributed by atoms with E-state index in [9.17, 15) is 4.79 Å². The summed E-state index contributed by atoms with van der Waals surface area (Å²) in [5, 5.41) is 5.73. The van der Waals surface area contributed by atoms with Gasteiger partial charge >= 0.3 is 0 Å². The molecule has 1 aliphatic rings. The minimum absolute atomic E-state index is 0.175. The van der Waals surface area contributed by atoms with Gasteiger partial charge in [-0.05, 0) is 6.07 Å². The molecule has 2 heterocycles. The quantitative estimate of drug-likeness (QED) is 0.832. The van der Waals surface area contributed by atoms with Gasteiger partial charge < -0.3 is 5.32 Å². The third-order valence-corrected chi connectivity index (χ3v) is 3.26. The number of aromatic nitrogens is 1. The van der Waals surface area contributed by atoms with Crippen molar-refractivity contribution in [3.8, 4) is 0 Å². The van der Waals surface area contributed by atoms with Crippen molar-refractivity contribution in [2.75, 3.05) is 11.9 Å². The van der Waals surface area contributed by atoms with E-state index in [0.717, 1.165) is 16.3 Å². The molecule has 0 unspecified atom stereocenters. The number of rotatable bonds is 1. The van der Waals surface area contributed by atoms with E-state index in [1.165, 1.54) is 11.3 Å². The van der Waals surface area contributed by atoms with Crippen molar-refractivity contribution in [2.45, 2.75) is 0 Å². The van der Waals surface area contributed by atoms with Gasteiger partial charge in [-0.1, -0.05) is 18.2 Å². The molecule has 1 aromatic heterocycles. The molecule has 0 saturated carbocycles. The van der Waals surface area contributed by atoms with Gasteiger partial charge in [0.25, 0.3) is 5.91 Å². The summed E-state index contributed by atoms with van der Waals surface area (Å²) in [5.41, 5.74) is 2.51. The number of carbonyl (C=O) groups excluding carboxylic acids is 1. The molecule has 17 heavy (non-hydrogen) atoms. The van der Waals surface area contributed by atoms with Crippen LogP contribution in [0, 0.1) is 0 Å². The number of benzodiazepines with no additional fused rings is 1. The Kier molecular flexibility index (Phi) is 2.45. The Balaban J connectivity index is 2.20. The third-order valence-electron chi connectivity index (χ3n) is 2.48. The largest absolute Gasteiger partial charge is 0.376 e. The topological polar surface area (TPSA) is 54.4 Å². The first-order valence-corrected chi connectivity index (χ1v) is 6.07. The molecule has 0 radical (unpaired) electrons. The number of nitrogens with zero attached hydrogens (tertiary/aromatic N) is 2. The Morgan fingerprint density at radius 3 is 3.00 bits per heavy atom. The maximum absolute atomic E-state index is 11.6. The van der Waals surface area contributed by atoms with Crippen LogP contribution in [-0.2, 0) is 4.79 Å². The van der Waals surface area contributed by atoms with E-state index in [0.29, 0.717) is 5.71 Å². The Morgan fingerprint density at radius 2 is 2.18 bits per heavy atom. The average molecular weight is 243 g/mol. The average Bonchev–Trinajstić information content (AvgIpc) is 2.82. The van der Waals surface area contributed by atoms with E-state index in [-0.39, 0.29) is 12.5 Å². The van der Waals surface area contributed by atoms with E-state index in [1.807, 2.05) is 29.6 Å². The summed E-state index contributed by atoms with van der Waals surface area (Å²) in [5.74, 6) is -0.175. The number of carbonyl (C=O) groups is 1. The highest BCUT2D eigenvalue weighted by Crippen LogP contribution is 2.23. The molecule has 1 N–H and O–H groups in total. The minimum atomic E-state index is -0.175. The molecule has 3 rings (SSSR count). The van der Waals surface area contributed by atoms with Crippen molar-refractivity contribution in [2.24, 2.45) is 4.99 Å². The van der Waals surface area contributed by atoms with Gasteiger partial charge in [0.15, 0.2) is 0 Å². The van der Waals surface area contributed by atoms with E-state index in [1.54, 1.807) is 6.20 Å². The lowest BCUT2D eigenvalue weighted by atomic mass is 10.1. The van der Waals surface area contributed by atoms with Crippen molar-refractivity contribution in [3.05, 3.63) is 46.4 Å². The lowest BCUT2D eigenvalue weighted by Gasteiger charge is -2.06. The van der Waals surface area contributed by atoms with Crippen LogP contribution in [0.25, 0.3) is 0 Å². The zero-order valence-corrected chi connectivity index (χ0v) is 9.70. The normalized spacial score (nSPS) is 14.6. The fourth-order valence-electron chi connectivity index (χ4n) is 1.74. The molecule has 0 atom stereocenters. The molecule has 1 aromatic carbocycles. The van der Waals surface area contributed by atoms with Crippen LogP contribution in [0.2, 0.25) is 0 Å². The van der Waals surface area contributed by atoms with E-state index < -0.39 is 0 Å². The molecule has 2 aromatic rings. The van der Waals surface area contributed by atoms with Crippen LogP contribution in [0.5, 0.6) is 0 Å². The second kappa shape index (κ2) is 4.10. The predicted molar refractivity (Wildman–Crippen MR) is 67.7 cm³/mol. The number of hydrogen-bond donors (Lipinski definition) is 1. The fraction of sp³-hybridized carbons (Fsp3) is 0.0833. The van der Waals surface area contributed by atoms with E-state index in [2.05, 4.69) is 15.3 Å². The van der Waals surface area contributed by atoms with Gasteiger partial charge in [0.2, 0.25) is 0 Å². The highest BCUT2D eigenvalue weighted by atomic mass is 32.1. The zero-order chi connectivity index (χ0) is 11.7. The molecule has 5 heteroatoms. The molecule has 0 spiro atoms. The van der Waals surface area contributed by atoms with Gasteiger partial charge in [0.05, 0.1) is 6.54 Å². The third kappa shape index (κ3) is 1.85. The van der Waals surface area contributed by atoms with Crippen molar-refractivity contribution in [1.29, 1.82) is 0 Å². The lowest BCUT2D eigenvalue weighted by molar-refractivity contribution is -0.116. The summed E-state index contributed by atoms with van der Waals surface area (Å²) >= 11 is 1.48. The Bertz CT molecular complexity index is 590. The van der Waals surface area contributed by atoms with E-state index in [4.69, 9.17) is 0 Å². The lowest BCUT2D eigenvalue weighted by Crippen LogP contribution is -2.09. The molecule has 0 saturated heterocycles. The molecular formula is C12H9N3OS. The standard InChI is InChI=1S/C12H9N3OS/c16-10-7-14-9-4-2-1-3-8(9)11(15-10)12-13-5-6-17-12/h1-6,14H,7H2. The number of aliphatic imine (C=N–C) groups is 1. The van der Waals surface area contributed by atoms with Crippen LogP contribution in [0.1, 0.15) is 10.6 Å². The highest BCUT2D eigenvalue weighted by Gasteiger charge is 2.18.